The lowest BCUT2D eigenvalue weighted by Crippen LogP contribution is -2.15. The number of nitrogens with one attached hydrogen (secondary N) is 2. The maximum atomic E-state index is 13.6. The minimum absolute atomic E-state index is 0.00958. The number of benzene rings is 3. The number of hydrogen-bond acceptors (Lipinski definition) is 2. The molecule has 0 aliphatic carbocycles. The molecule has 3 rings (SSSR count). The highest BCUT2D eigenvalue weighted by atomic mass is 19.1. The lowest BCUT2D eigenvalue weighted by atomic mass is 10.1. The van der Waals surface area contributed by atoms with Gasteiger partial charge in [-0.05, 0) is 60.0 Å². The average Bonchev–Trinajstić information content (AvgIpc) is 2.67. The van der Waals surface area contributed by atoms with Crippen LogP contribution >= 0.6 is 0 Å². The van der Waals surface area contributed by atoms with Crippen LogP contribution in [-0.4, -0.2) is 12.5 Å². The molecule has 0 bridgehead atoms. The Bertz CT molecular complexity index is 893. The van der Waals surface area contributed by atoms with Crippen molar-refractivity contribution >= 4 is 17.3 Å². The van der Waals surface area contributed by atoms with Crippen LogP contribution in [0.4, 0.5) is 20.2 Å². The molecule has 0 aromatic heterocycles. The van der Waals surface area contributed by atoms with Crippen molar-refractivity contribution in [2.45, 2.75) is 12.8 Å². The van der Waals surface area contributed by atoms with Gasteiger partial charge >= 0.3 is 0 Å². The topological polar surface area (TPSA) is 41.1 Å². The molecule has 138 valence electrons. The Hall–Kier alpha value is -3.21. The van der Waals surface area contributed by atoms with Crippen molar-refractivity contribution in [1.82, 2.24) is 0 Å². The molecule has 5 heteroatoms. The molecule has 1 amide bonds. The Kier molecular flexibility index (Phi) is 6.15. The number of rotatable bonds is 7. The van der Waals surface area contributed by atoms with E-state index in [4.69, 9.17) is 0 Å². The molecule has 2 N–H and O–H groups in total. The van der Waals surface area contributed by atoms with Gasteiger partial charge in [-0.25, -0.2) is 8.78 Å². The van der Waals surface area contributed by atoms with Crippen LogP contribution in [-0.2, 0) is 17.6 Å². The van der Waals surface area contributed by atoms with E-state index < -0.39 is 0 Å². The van der Waals surface area contributed by atoms with E-state index in [0.717, 1.165) is 17.7 Å². The Balaban J connectivity index is 1.47. The van der Waals surface area contributed by atoms with Crippen molar-refractivity contribution < 1.29 is 13.6 Å². The van der Waals surface area contributed by atoms with Gasteiger partial charge in [-0.15, -0.1) is 0 Å². The molecule has 0 spiro atoms. The summed E-state index contributed by atoms with van der Waals surface area (Å²) in [5, 5.41) is 6.04. The molecule has 3 aromatic carbocycles. The van der Waals surface area contributed by atoms with Crippen LogP contribution in [0.5, 0.6) is 0 Å². The summed E-state index contributed by atoms with van der Waals surface area (Å²) in [6.07, 6.45) is 0.770. The second-order valence-corrected chi connectivity index (χ2v) is 6.20. The molecule has 0 heterocycles. The van der Waals surface area contributed by atoms with E-state index in [1.54, 1.807) is 42.5 Å². The molecule has 0 aliphatic heterocycles. The zero-order valence-electron chi connectivity index (χ0n) is 14.7. The van der Waals surface area contributed by atoms with Crippen LogP contribution in [0.3, 0.4) is 0 Å². The van der Waals surface area contributed by atoms with E-state index >= 15 is 0 Å². The first-order valence-electron chi connectivity index (χ1n) is 8.72. The van der Waals surface area contributed by atoms with E-state index in [2.05, 4.69) is 10.6 Å². The van der Waals surface area contributed by atoms with Crippen molar-refractivity contribution in [3.05, 3.63) is 95.6 Å². The third-order valence-corrected chi connectivity index (χ3v) is 4.13. The number of carbonyl (C=O) groups excluding carboxylic acids is 1. The van der Waals surface area contributed by atoms with Crippen molar-refractivity contribution in [3.63, 3.8) is 0 Å². The third-order valence-electron chi connectivity index (χ3n) is 4.13. The van der Waals surface area contributed by atoms with Crippen LogP contribution in [0.2, 0.25) is 0 Å². The summed E-state index contributed by atoms with van der Waals surface area (Å²) < 4.78 is 26.5. The molecule has 0 saturated heterocycles. The number of halogens is 2. The second kappa shape index (κ2) is 8.94. The van der Waals surface area contributed by atoms with Crippen molar-refractivity contribution in [2.24, 2.45) is 0 Å². The second-order valence-electron chi connectivity index (χ2n) is 6.20. The zero-order chi connectivity index (χ0) is 19.1. The lowest BCUT2D eigenvalue weighted by Gasteiger charge is -2.09. The Labute approximate surface area is 157 Å². The molecule has 0 unspecified atom stereocenters. The van der Waals surface area contributed by atoms with Crippen molar-refractivity contribution in [1.29, 1.82) is 0 Å². The highest BCUT2D eigenvalue weighted by molar-refractivity contribution is 5.92. The summed E-state index contributed by atoms with van der Waals surface area (Å²) in [6.45, 7) is 0.713. The average molecular weight is 366 g/mol. The summed E-state index contributed by atoms with van der Waals surface area (Å²) >= 11 is 0. The van der Waals surface area contributed by atoms with Gasteiger partial charge in [-0.2, -0.15) is 0 Å². The highest BCUT2D eigenvalue weighted by Gasteiger charge is 2.08. The van der Waals surface area contributed by atoms with Crippen LogP contribution < -0.4 is 10.6 Å². The van der Waals surface area contributed by atoms with Gasteiger partial charge in [0.2, 0.25) is 5.91 Å². The molecular weight excluding hydrogens is 346 g/mol. The molecule has 27 heavy (non-hydrogen) atoms. The number of carbonyl (C=O) groups is 1. The summed E-state index contributed by atoms with van der Waals surface area (Å²) in [5.41, 5.74) is 3.00. The van der Waals surface area contributed by atoms with E-state index in [9.17, 15) is 13.6 Å². The van der Waals surface area contributed by atoms with Crippen LogP contribution in [0.1, 0.15) is 11.1 Å². The molecule has 0 fully saturated rings. The minimum atomic E-state index is -0.381. The Morgan fingerprint density at radius 2 is 1.48 bits per heavy atom. The monoisotopic (exact) mass is 366 g/mol. The first-order valence-corrected chi connectivity index (χ1v) is 8.72. The van der Waals surface area contributed by atoms with Gasteiger partial charge in [0, 0.05) is 17.9 Å². The molecule has 0 radical (unpaired) electrons. The Morgan fingerprint density at radius 1 is 0.815 bits per heavy atom. The fourth-order valence-electron chi connectivity index (χ4n) is 2.69. The zero-order valence-corrected chi connectivity index (χ0v) is 14.7. The Morgan fingerprint density at radius 3 is 2.19 bits per heavy atom. The largest absolute Gasteiger partial charge is 0.385 e. The molecule has 0 saturated carbocycles. The molecule has 3 nitrogen and oxygen atoms in total. The smallest absolute Gasteiger partial charge is 0.228 e. The third kappa shape index (κ3) is 5.64. The highest BCUT2D eigenvalue weighted by Crippen LogP contribution is 2.15. The van der Waals surface area contributed by atoms with E-state index in [1.165, 1.54) is 18.2 Å². The van der Waals surface area contributed by atoms with Crippen LogP contribution in [0, 0.1) is 11.6 Å². The fraction of sp³-hybridized carbons (Fsp3) is 0.136. The SMILES string of the molecule is O=C(Cc1ccccc1F)Nc1ccc(NCCc2ccc(F)cc2)cc1. The first kappa shape index (κ1) is 18.6. The normalized spacial score (nSPS) is 10.4. The van der Waals surface area contributed by atoms with E-state index in [0.29, 0.717) is 17.8 Å². The summed E-state index contributed by atoms with van der Waals surface area (Å²) in [7, 11) is 0. The number of anilines is 2. The van der Waals surface area contributed by atoms with Crippen molar-refractivity contribution in [2.75, 3.05) is 17.2 Å². The van der Waals surface area contributed by atoms with Gasteiger partial charge < -0.3 is 10.6 Å². The van der Waals surface area contributed by atoms with Crippen molar-refractivity contribution in [3.8, 4) is 0 Å². The van der Waals surface area contributed by atoms with Gasteiger partial charge in [0.1, 0.15) is 11.6 Å². The summed E-state index contributed by atoms with van der Waals surface area (Å²) in [4.78, 5) is 12.1. The standard InChI is InChI=1S/C22H20F2N2O/c23-18-7-5-16(6-8-18)13-14-25-19-9-11-20(12-10-19)26-22(27)15-17-3-1-2-4-21(17)24/h1-12,25H,13-15H2,(H,26,27). The molecule has 0 atom stereocenters. The maximum Gasteiger partial charge on any atom is 0.228 e. The predicted octanol–water partition coefficient (Wildman–Crippen LogP) is 4.80. The van der Waals surface area contributed by atoms with Crippen LogP contribution in [0.25, 0.3) is 0 Å². The predicted molar refractivity (Wildman–Crippen MR) is 104 cm³/mol. The fourth-order valence-corrected chi connectivity index (χ4v) is 2.69. The van der Waals surface area contributed by atoms with E-state index in [-0.39, 0.29) is 24.0 Å². The van der Waals surface area contributed by atoms with Gasteiger partial charge in [-0.3, -0.25) is 4.79 Å². The van der Waals surface area contributed by atoms with Gasteiger partial charge in [0.15, 0.2) is 0 Å². The number of hydrogen-bond donors (Lipinski definition) is 2. The maximum absolute atomic E-state index is 13.6. The van der Waals surface area contributed by atoms with Gasteiger partial charge in [0.05, 0.1) is 6.42 Å². The first-order chi connectivity index (χ1) is 13.1. The minimum Gasteiger partial charge on any atom is -0.385 e. The van der Waals surface area contributed by atoms with E-state index in [1.807, 2.05) is 12.1 Å². The quantitative estimate of drug-likeness (QED) is 0.631. The summed E-state index contributed by atoms with van der Waals surface area (Å²) in [5.74, 6) is -0.884. The van der Waals surface area contributed by atoms with Gasteiger partial charge in [-0.1, -0.05) is 30.3 Å². The molecular formula is C22H20F2N2O. The molecule has 0 aliphatic rings. The molecule has 3 aromatic rings. The lowest BCUT2D eigenvalue weighted by molar-refractivity contribution is -0.115. The number of amides is 1. The van der Waals surface area contributed by atoms with Crippen LogP contribution in [0.15, 0.2) is 72.8 Å². The summed E-state index contributed by atoms with van der Waals surface area (Å²) in [6, 6.07) is 20.0. The van der Waals surface area contributed by atoms with Gasteiger partial charge in [0.25, 0.3) is 0 Å².